The maximum Gasteiger partial charge on any atom is 0.0608 e. The lowest BCUT2D eigenvalue weighted by atomic mass is 10.1. The molecule has 0 bridgehead atoms. The van der Waals surface area contributed by atoms with Crippen LogP contribution in [-0.4, -0.2) is 15.6 Å². The molecule has 1 aliphatic heterocycles. The van der Waals surface area contributed by atoms with Crippen molar-refractivity contribution in [2.45, 2.75) is 37.7 Å². The molecule has 0 aliphatic carbocycles. The van der Waals surface area contributed by atoms with E-state index >= 15 is 0 Å². The second kappa shape index (κ2) is 4.08. The predicted octanol–water partition coefficient (Wildman–Crippen LogP) is 3.62. The van der Waals surface area contributed by atoms with Crippen LogP contribution in [0.5, 0.6) is 0 Å². The molecule has 0 aromatic heterocycles. The molecule has 0 N–H and O–H groups in total. The zero-order valence-electron chi connectivity index (χ0n) is 7.72. The molecule has 1 fully saturated rings. The summed E-state index contributed by atoms with van der Waals surface area (Å²) in [5.74, 6) is 3.60. The second-order valence-electron chi connectivity index (χ2n) is 3.38. The van der Waals surface area contributed by atoms with E-state index in [9.17, 15) is 0 Å². The molecule has 66 valence electrons. The Morgan fingerprint density at radius 1 is 1.36 bits per heavy atom. The summed E-state index contributed by atoms with van der Waals surface area (Å²) in [7, 11) is 0. The van der Waals surface area contributed by atoms with E-state index in [1.165, 1.54) is 24.3 Å². The smallest absolute Gasteiger partial charge is 0.0608 e. The quantitative estimate of drug-likeness (QED) is 0.652. The largest absolute Gasteiger partial charge is 0.144 e. The van der Waals surface area contributed by atoms with Crippen LogP contribution in [0, 0.1) is 5.92 Å². The van der Waals surface area contributed by atoms with Gasteiger partial charge in [-0.25, -0.2) is 0 Å². The number of rotatable bonds is 2. The van der Waals surface area contributed by atoms with E-state index in [1.54, 1.807) is 0 Å². The molecule has 1 atom stereocenters. The maximum atomic E-state index is 2.41. The molecule has 0 radical (unpaired) electrons. The zero-order valence-corrected chi connectivity index (χ0v) is 9.36. The third-order valence-electron chi connectivity index (χ3n) is 2.57. The molecule has 1 rings (SSSR count). The van der Waals surface area contributed by atoms with E-state index in [0.717, 1.165) is 5.92 Å². The van der Waals surface area contributed by atoms with Gasteiger partial charge in [0.2, 0.25) is 0 Å². The lowest BCUT2D eigenvalue weighted by Gasteiger charge is -2.37. The number of thioether (sulfide) groups is 2. The highest BCUT2D eigenvalue weighted by molar-refractivity contribution is 8.18. The fourth-order valence-electron chi connectivity index (χ4n) is 1.31. The first kappa shape index (κ1) is 9.79. The van der Waals surface area contributed by atoms with E-state index in [4.69, 9.17) is 0 Å². The van der Waals surface area contributed by atoms with Crippen molar-refractivity contribution in [1.29, 1.82) is 0 Å². The molecule has 1 aliphatic rings. The molecule has 1 saturated heterocycles. The van der Waals surface area contributed by atoms with Crippen LogP contribution in [0.15, 0.2) is 0 Å². The summed E-state index contributed by atoms with van der Waals surface area (Å²) in [5.41, 5.74) is 0. The molecular formula is C9H18S2. The summed E-state index contributed by atoms with van der Waals surface area (Å²) < 4.78 is 0.521. The first-order valence-corrected chi connectivity index (χ1v) is 6.44. The van der Waals surface area contributed by atoms with Gasteiger partial charge in [0.05, 0.1) is 4.08 Å². The van der Waals surface area contributed by atoms with Crippen molar-refractivity contribution in [3.05, 3.63) is 0 Å². The predicted molar refractivity (Wildman–Crippen MR) is 57.4 cm³/mol. The summed E-state index contributed by atoms with van der Waals surface area (Å²) in [6.45, 7) is 7.09. The number of hydrogen-bond donors (Lipinski definition) is 0. The van der Waals surface area contributed by atoms with Gasteiger partial charge in [-0.2, -0.15) is 0 Å². The van der Waals surface area contributed by atoms with E-state index in [1.807, 2.05) is 0 Å². The summed E-state index contributed by atoms with van der Waals surface area (Å²) in [4.78, 5) is 0. The molecule has 0 unspecified atom stereocenters. The summed E-state index contributed by atoms with van der Waals surface area (Å²) in [6, 6.07) is 0. The monoisotopic (exact) mass is 190 g/mol. The van der Waals surface area contributed by atoms with Crippen LogP contribution in [0.2, 0.25) is 0 Å². The Balaban J connectivity index is 2.49. The Bertz CT molecular complexity index is 117. The SMILES string of the molecule is CC[C@@H](C)C1(C)SCCCS1. The van der Waals surface area contributed by atoms with Gasteiger partial charge in [-0.3, -0.25) is 0 Å². The van der Waals surface area contributed by atoms with Crippen LogP contribution < -0.4 is 0 Å². The Morgan fingerprint density at radius 2 is 1.91 bits per heavy atom. The molecule has 11 heavy (non-hydrogen) atoms. The topological polar surface area (TPSA) is 0 Å². The van der Waals surface area contributed by atoms with Gasteiger partial charge in [-0.05, 0) is 30.8 Å². The maximum absolute atomic E-state index is 2.41. The van der Waals surface area contributed by atoms with Crippen LogP contribution in [0.4, 0.5) is 0 Å². The normalized spacial score (nSPS) is 26.5. The molecule has 0 aromatic rings. The highest BCUT2D eigenvalue weighted by Gasteiger charge is 2.32. The standard InChI is InChI=1S/C9H18S2/c1-4-8(2)9(3)10-6-5-7-11-9/h8H,4-7H2,1-3H3/t8-/m1/s1. The molecule has 0 aromatic carbocycles. The first-order chi connectivity index (χ1) is 5.19. The highest BCUT2D eigenvalue weighted by atomic mass is 32.2. The van der Waals surface area contributed by atoms with Crippen LogP contribution in [0.3, 0.4) is 0 Å². The minimum Gasteiger partial charge on any atom is -0.144 e. The molecule has 0 nitrogen and oxygen atoms in total. The highest BCUT2D eigenvalue weighted by Crippen LogP contribution is 2.47. The zero-order chi connectivity index (χ0) is 8.32. The fourth-order valence-corrected chi connectivity index (χ4v) is 4.61. The van der Waals surface area contributed by atoms with E-state index in [2.05, 4.69) is 44.3 Å². The van der Waals surface area contributed by atoms with Gasteiger partial charge in [-0.15, -0.1) is 23.5 Å². The van der Waals surface area contributed by atoms with E-state index in [0.29, 0.717) is 4.08 Å². The van der Waals surface area contributed by atoms with E-state index < -0.39 is 0 Å². The second-order valence-corrected chi connectivity index (χ2v) is 6.72. The van der Waals surface area contributed by atoms with Gasteiger partial charge in [0.15, 0.2) is 0 Å². The summed E-state index contributed by atoms with van der Waals surface area (Å²) >= 11 is 4.32. The lowest BCUT2D eigenvalue weighted by molar-refractivity contribution is 0.526. The summed E-state index contributed by atoms with van der Waals surface area (Å²) in [5, 5.41) is 0. The Hall–Kier alpha value is 0.700. The average Bonchev–Trinajstić information content (AvgIpc) is 2.04. The van der Waals surface area contributed by atoms with Gasteiger partial charge in [-0.1, -0.05) is 20.3 Å². The fraction of sp³-hybridized carbons (Fsp3) is 1.00. The van der Waals surface area contributed by atoms with Crippen molar-refractivity contribution in [2.24, 2.45) is 5.92 Å². The Labute approximate surface area is 78.9 Å². The summed E-state index contributed by atoms with van der Waals surface area (Å²) in [6.07, 6.45) is 2.72. The third-order valence-corrected chi connectivity index (χ3v) is 6.22. The van der Waals surface area contributed by atoms with Crippen LogP contribution >= 0.6 is 23.5 Å². The minimum atomic E-state index is 0.521. The molecule has 0 spiro atoms. The van der Waals surface area contributed by atoms with E-state index in [-0.39, 0.29) is 0 Å². The van der Waals surface area contributed by atoms with Crippen LogP contribution in [0.25, 0.3) is 0 Å². The van der Waals surface area contributed by atoms with Crippen molar-refractivity contribution >= 4 is 23.5 Å². The van der Waals surface area contributed by atoms with Gasteiger partial charge in [0, 0.05) is 0 Å². The lowest BCUT2D eigenvalue weighted by Crippen LogP contribution is -2.28. The van der Waals surface area contributed by atoms with Gasteiger partial charge in [0.1, 0.15) is 0 Å². The molecular weight excluding hydrogens is 172 g/mol. The van der Waals surface area contributed by atoms with Crippen LogP contribution in [-0.2, 0) is 0 Å². The van der Waals surface area contributed by atoms with Gasteiger partial charge < -0.3 is 0 Å². The van der Waals surface area contributed by atoms with Crippen molar-refractivity contribution in [2.75, 3.05) is 11.5 Å². The Morgan fingerprint density at radius 3 is 2.36 bits per heavy atom. The van der Waals surface area contributed by atoms with Crippen molar-refractivity contribution in [3.63, 3.8) is 0 Å². The van der Waals surface area contributed by atoms with Gasteiger partial charge >= 0.3 is 0 Å². The molecule has 1 heterocycles. The van der Waals surface area contributed by atoms with Crippen molar-refractivity contribution in [1.82, 2.24) is 0 Å². The molecule has 0 saturated carbocycles. The van der Waals surface area contributed by atoms with Crippen molar-refractivity contribution < 1.29 is 0 Å². The molecule has 0 amide bonds. The Kier molecular flexibility index (Phi) is 3.63. The third kappa shape index (κ3) is 2.32. The average molecular weight is 190 g/mol. The first-order valence-electron chi connectivity index (χ1n) is 4.47. The minimum absolute atomic E-state index is 0.521. The number of hydrogen-bond acceptors (Lipinski definition) is 2. The van der Waals surface area contributed by atoms with Crippen LogP contribution in [0.1, 0.15) is 33.6 Å². The van der Waals surface area contributed by atoms with Crippen molar-refractivity contribution in [3.8, 4) is 0 Å². The molecule has 2 heteroatoms. The van der Waals surface area contributed by atoms with Gasteiger partial charge in [0.25, 0.3) is 0 Å².